The maximum atomic E-state index is 12.7. The van der Waals surface area contributed by atoms with Gasteiger partial charge in [0.1, 0.15) is 5.82 Å². The molecule has 3 heterocycles. The number of nitrogens with zero attached hydrogens (tertiary/aromatic N) is 2. The summed E-state index contributed by atoms with van der Waals surface area (Å²) in [6.07, 6.45) is 2.18. The van der Waals surface area contributed by atoms with E-state index in [1.807, 2.05) is 18.2 Å². The van der Waals surface area contributed by atoms with E-state index in [9.17, 15) is 9.59 Å². The number of hydrogen-bond donors (Lipinski definition) is 1. The van der Waals surface area contributed by atoms with Crippen molar-refractivity contribution in [3.8, 4) is 0 Å². The summed E-state index contributed by atoms with van der Waals surface area (Å²) in [4.78, 5) is 35.4. The molecule has 3 aromatic rings. The Kier molecular flexibility index (Phi) is 4.57. The summed E-state index contributed by atoms with van der Waals surface area (Å²) in [5.74, 6) is 0.385. The quantitative estimate of drug-likeness (QED) is 0.767. The molecule has 4 rings (SSSR count). The first-order valence-corrected chi connectivity index (χ1v) is 9.38. The number of H-pyrrole nitrogens is 1. The van der Waals surface area contributed by atoms with Crippen LogP contribution in [0.3, 0.4) is 0 Å². The molecular weight excluding hydrogens is 350 g/mol. The number of rotatable bonds is 4. The summed E-state index contributed by atoms with van der Waals surface area (Å²) in [7, 11) is 1.71. The van der Waals surface area contributed by atoms with Crippen LogP contribution in [0.2, 0.25) is 0 Å². The zero-order valence-corrected chi connectivity index (χ0v) is 15.2. The van der Waals surface area contributed by atoms with Gasteiger partial charge in [-0.1, -0.05) is 12.1 Å². The lowest BCUT2D eigenvalue weighted by Crippen LogP contribution is -2.27. The van der Waals surface area contributed by atoms with Crippen LogP contribution < -0.4 is 5.56 Å². The summed E-state index contributed by atoms with van der Waals surface area (Å²) >= 11 is 1.47. The second kappa shape index (κ2) is 7.01. The van der Waals surface area contributed by atoms with Crippen molar-refractivity contribution in [3.63, 3.8) is 0 Å². The average molecular weight is 369 g/mol. The van der Waals surface area contributed by atoms with Gasteiger partial charge in [-0.3, -0.25) is 9.59 Å². The van der Waals surface area contributed by atoms with Gasteiger partial charge in [0.05, 0.1) is 28.4 Å². The molecule has 2 aromatic heterocycles. The average Bonchev–Trinajstić information content (AvgIpc) is 3.32. The molecule has 0 radical (unpaired) electrons. The molecule has 1 fully saturated rings. The number of para-hydroxylation sites is 1. The molecule has 26 heavy (non-hydrogen) atoms. The molecule has 6 nitrogen and oxygen atoms in total. The van der Waals surface area contributed by atoms with E-state index in [1.54, 1.807) is 30.1 Å². The van der Waals surface area contributed by atoms with E-state index in [1.165, 1.54) is 11.3 Å². The largest absolute Gasteiger partial charge is 0.373 e. The zero-order valence-electron chi connectivity index (χ0n) is 14.4. The van der Waals surface area contributed by atoms with E-state index in [0.717, 1.165) is 24.3 Å². The lowest BCUT2D eigenvalue weighted by atomic mass is 10.2. The first kappa shape index (κ1) is 16.9. The number of thiophene rings is 1. The summed E-state index contributed by atoms with van der Waals surface area (Å²) in [6.45, 7) is 1.03. The zero-order chi connectivity index (χ0) is 18.1. The van der Waals surface area contributed by atoms with Gasteiger partial charge in [-0.25, -0.2) is 4.98 Å². The third-order valence-electron chi connectivity index (χ3n) is 4.48. The lowest BCUT2D eigenvalue weighted by Gasteiger charge is -2.15. The Morgan fingerprint density at radius 2 is 2.19 bits per heavy atom. The lowest BCUT2D eigenvalue weighted by molar-refractivity contribution is 0.0786. The Morgan fingerprint density at radius 3 is 3.00 bits per heavy atom. The molecule has 1 aliphatic rings. The molecule has 1 amide bonds. The van der Waals surface area contributed by atoms with Crippen molar-refractivity contribution >= 4 is 28.1 Å². The Balaban J connectivity index is 1.51. The number of aromatic nitrogens is 2. The summed E-state index contributed by atoms with van der Waals surface area (Å²) in [5, 5.41) is 0.546. The number of ether oxygens (including phenoxy) is 1. The molecule has 0 saturated carbocycles. The number of benzene rings is 1. The molecular formula is C19H19N3O3S. The van der Waals surface area contributed by atoms with E-state index in [2.05, 4.69) is 9.97 Å². The van der Waals surface area contributed by atoms with Crippen LogP contribution in [0.4, 0.5) is 0 Å². The highest BCUT2D eigenvalue weighted by Crippen LogP contribution is 2.33. The predicted molar refractivity (Wildman–Crippen MR) is 100 cm³/mol. The number of amides is 1. The molecule has 1 saturated heterocycles. The normalized spacial score (nSPS) is 16.9. The molecule has 1 atom stereocenters. The van der Waals surface area contributed by atoms with Crippen molar-refractivity contribution < 1.29 is 9.53 Å². The van der Waals surface area contributed by atoms with Crippen LogP contribution in [0.15, 0.2) is 41.2 Å². The van der Waals surface area contributed by atoms with Gasteiger partial charge in [-0.2, -0.15) is 0 Å². The third kappa shape index (κ3) is 3.27. The minimum atomic E-state index is -0.191. The van der Waals surface area contributed by atoms with Gasteiger partial charge < -0.3 is 14.6 Å². The first-order chi connectivity index (χ1) is 12.6. The Hall–Kier alpha value is -2.51. The second-order valence-electron chi connectivity index (χ2n) is 6.39. The van der Waals surface area contributed by atoms with E-state index in [-0.39, 0.29) is 24.1 Å². The summed E-state index contributed by atoms with van der Waals surface area (Å²) in [6, 6.07) is 11.0. The maximum absolute atomic E-state index is 12.7. The van der Waals surface area contributed by atoms with Crippen molar-refractivity contribution in [2.24, 2.45) is 0 Å². The van der Waals surface area contributed by atoms with Crippen LogP contribution in [-0.4, -0.2) is 34.4 Å². The standard InChI is InChI=1S/C19H19N3O3S/c1-22(11-17-20-13-6-3-2-5-12(13)18(23)21-17)19(24)16-9-8-15(26-16)14-7-4-10-25-14/h2-3,5-6,8-9,14H,4,7,10-11H2,1H3,(H,20,21,23). The highest BCUT2D eigenvalue weighted by atomic mass is 32.1. The van der Waals surface area contributed by atoms with E-state index in [4.69, 9.17) is 4.74 Å². The molecule has 1 aliphatic heterocycles. The smallest absolute Gasteiger partial charge is 0.264 e. The highest BCUT2D eigenvalue weighted by molar-refractivity contribution is 7.14. The van der Waals surface area contributed by atoms with Crippen molar-refractivity contribution in [1.29, 1.82) is 0 Å². The van der Waals surface area contributed by atoms with E-state index in [0.29, 0.717) is 21.6 Å². The van der Waals surface area contributed by atoms with E-state index >= 15 is 0 Å². The van der Waals surface area contributed by atoms with E-state index < -0.39 is 0 Å². The summed E-state index contributed by atoms with van der Waals surface area (Å²) in [5.41, 5.74) is 0.437. The number of carbonyl (C=O) groups excluding carboxylic acids is 1. The maximum Gasteiger partial charge on any atom is 0.264 e. The van der Waals surface area contributed by atoms with Crippen molar-refractivity contribution in [1.82, 2.24) is 14.9 Å². The number of carbonyl (C=O) groups is 1. The van der Waals surface area contributed by atoms with Crippen molar-refractivity contribution in [3.05, 3.63) is 62.3 Å². The fourth-order valence-corrected chi connectivity index (χ4v) is 4.22. The predicted octanol–water partition coefficient (Wildman–Crippen LogP) is 3.11. The molecule has 134 valence electrons. The van der Waals surface area contributed by atoms with Gasteiger partial charge in [-0.05, 0) is 37.1 Å². The van der Waals surface area contributed by atoms with Crippen LogP contribution in [0.5, 0.6) is 0 Å². The fraction of sp³-hybridized carbons (Fsp3) is 0.316. The van der Waals surface area contributed by atoms with Crippen LogP contribution >= 0.6 is 11.3 Å². The number of fused-ring (bicyclic) bond motifs is 1. The van der Waals surface area contributed by atoms with Crippen LogP contribution in [0, 0.1) is 0 Å². The van der Waals surface area contributed by atoms with Crippen LogP contribution in [-0.2, 0) is 11.3 Å². The molecule has 1 aromatic carbocycles. The Labute approximate surface area is 154 Å². The second-order valence-corrected chi connectivity index (χ2v) is 7.51. The topological polar surface area (TPSA) is 75.3 Å². The summed E-state index contributed by atoms with van der Waals surface area (Å²) < 4.78 is 5.68. The minimum absolute atomic E-state index is 0.0879. The Bertz CT molecular complexity index is 1000. The van der Waals surface area contributed by atoms with Gasteiger partial charge in [-0.15, -0.1) is 11.3 Å². The van der Waals surface area contributed by atoms with Crippen molar-refractivity contribution in [2.75, 3.05) is 13.7 Å². The number of hydrogen-bond acceptors (Lipinski definition) is 5. The van der Waals surface area contributed by atoms with Gasteiger partial charge in [0.2, 0.25) is 0 Å². The number of aromatic amines is 1. The van der Waals surface area contributed by atoms with Gasteiger partial charge >= 0.3 is 0 Å². The molecule has 1 N–H and O–H groups in total. The third-order valence-corrected chi connectivity index (χ3v) is 5.65. The minimum Gasteiger partial charge on any atom is -0.373 e. The first-order valence-electron chi connectivity index (χ1n) is 8.56. The van der Waals surface area contributed by atoms with Crippen molar-refractivity contribution in [2.45, 2.75) is 25.5 Å². The molecule has 0 aliphatic carbocycles. The molecule has 0 spiro atoms. The molecule has 7 heteroatoms. The SMILES string of the molecule is CN(Cc1nc2ccccc2c(=O)[nH]1)C(=O)c1ccc(C2CCCO2)s1. The van der Waals surface area contributed by atoms with Gasteiger partial charge in [0.15, 0.2) is 0 Å². The molecule has 0 bridgehead atoms. The molecule has 1 unspecified atom stereocenters. The van der Waals surface area contributed by atoms with Gasteiger partial charge in [0, 0.05) is 18.5 Å². The number of nitrogens with one attached hydrogen (secondary N) is 1. The monoisotopic (exact) mass is 369 g/mol. The fourth-order valence-electron chi connectivity index (χ4n) is 3.14. The van der Waals surface area contributed by atoms with Crippen LogP contribution in [0.1, 0.15) is 39.3 Å². The Morgan fingerprint density at radius 1 is 1.35 bits per heavy atom. The van der Waals surface area contributed by atoms with Crippen LogP contribution in [0.25, 0.3) is 10.9 Å². The highest BCUT2D eigenvalue weighted by Gasteiger charge is 2.22. The van der Waals surface area contributed by atoms with Gasteiger partial charge in [0.25, 0.3) is 11.5 Å².